The third kappa shape index (κ3) is 4.12. The first-order chi connectivity index (χ1) is 14.2. The van der Waals surface area contributed by atoms with Gasteiger partial charge in [0.1, 0.15) is 5.82 Å². The van der Waals surface area contributed by atoms with Crippen molar-refractivity contribution in [3.05, 3.63) is 71.8 Å². The summed E-state index contributed by atoms with van der Waals surface area (Å²) in [5.41, 5.74) is 2.71. The van der Waals surface area contributed by atoms with E-state index in [1.165, 1.54) is 19.3 Å². The molecule has 0 spiro atoms. The summed E-state index contributed by atoms with van der Waals surface area (Å²) >= 11 is 0. The second-order valence-corrected chi connectivity index (χ2v) is 7.93. The fourth-order valence-electron chi connectivity index (χ4n) is 4.28. The Hall–Kier alpha value is -2.88. The number of carbonyl (C=O) groups excluding carboxylic acids is 1. The van der Waals surface area contributed by atoms with Gasteiger partial charge in [0.25, 0.3) is 5.91 Å². The number of para-hydroxylation sites is 1. The van der Waals surface area contributed by atoms with E-state index < -0.39 is 0 Å². The van der Waals surface area contributed by atoms with E-state index in [2.05, 4.69) is 36.2 Å². The van der Waals surface area contributed by atoms with Crippen LogP contribution in [-0.4, -0.2) is 23.5 Å². The van der Waals surface area contributed by atoms with Gasteiger partial charge in [0.05, 0.1) is 17.1 Å². The van der Waals surface area contributed by atoms with Gasteiger partial charge in [-0.25, -0.2) is 4.98 Å². The Labute approximate surface area is 173 Å². The summed E-state index contributed by atoms with van der Waals surface area (Å²) in [4.78, 5) is 20.6. The first-order valence-corrected chi connectivity index (χ1v) is 10.7. The molecule has 1 fully saturated rings. The Kier molecular flexibility index (Phi) is 5.79. The van der Waals surface area contributed by atoms with E-state index in [4.69, 9.17) is 4.98 Å². The highest BCUT2D eigenvalue weighted by atomic mass is 16.1. The molecule has 4 heteroatoms. The number of aromatic nitrogens is 1. The molecule has 2 aromatic carbocycles. The van der Waals surface area contributed by atoms with Gasteiger partial charge in [0, 0.05) is 18.0 Å². The number of anilines is 1. The zero-order valence-corrected chi connectivity index (χ0v) is 17.3. The van der Waals surface area contributed by atoms with Crippen LogP contribution in [0, 0.1) is 0 Å². The molecule has 29 heavy (non-hydrogen) atoms. The maximum atomic E-state index is 13.4. The van der Waals surface area contributed by atoms with Crippen LogP contribution in [-0.2, 0) is 0 Å². The molecular weight excluding hydrogens is 358 g/mol. The highest BCUT2D eigenvalue weighted by Crippen LogP contribution is 2.28. The standard InChI is InChI=1S/C25H29N3O/c1-3-22(19-12-5-4-6-13-19)27-25(29)21-17-24(28-16-10-9-11-18(28)2)26-23-15-8-7-14-20(21)23/h4-8,12-15,17-18,22H,3,9-11,16H2,1-2H3,(H,27,29)/t18-,22?/m0/s1. The molecule has 0 radical (unpaired) electrons. The number of piperidine rings is 1. The van der Waals surface area contributed by atoms with Crippen molar-refractivity contribution in [2.45, 2.75) is 51.6 Å². The summed E-state index contributed by atoms with van der Waals surface area (Å²) in [5, 5.41) is 4.15. The maximum absolute atomic E-state index is 13.4. The molecule has 1 unspecified atom stereocenters. The Bertz CT molecular complexity index is 986. The van der Waals surface area contributed by atoms with Crippen molar-refractivity contribution < 1.29 is 4.79 Å². The average Bonchev–Trinajstić information content (AvgIpc) is 2.77. The topological polar surface area (TPSA) is 45.2 Å². The molecule has 2 heterocycles. The molecule has 0 bridgehead atoms. The van der Waals surface area contributed by atoms with Crippen molar-refractivity contribution in [2.24, 2.45) is 0 Å². The van der Waals surface area contributed by atoms with E-state index in [0.717, 1.165) is 35.2 Å². The SMILES string of the molecule is CCC(NC(=O)c1cc(N2CCCC[C@@H]2C)nc2ccccc12)c1ccccc1. The molecule has 1 aromatic heterocycles. The van der Waals surface area contributed by atoms with E-state index in [0.29, 0.717) is 11.6 Å². The number of nitrogens with one attached hydrogen (secondary N) is 1. The second-order valence-electron chi connectivity index (χ2n) is 7.93. The van der Waals surface area contributed by atoms with Crippen LogP contribution in [0.4, 0.5) is 5.82 Å². The monoisotopic (exact) mass is 387 g/mol. The molecular formula is C25H29N3O. The summed E-state index contributed by atoms with van der Waals surface area (Å²) in [5.74, 6) is 0.874. The van der Waals surface area contributed by atoms with E-state index in [-0.39, 0.29) is 11.9 Å². The number of amides is 1. The minimum Gasteiger partial charge on any atom is -0.354 e. The van der Waals surface area contributed by atoms with Crippen molar-refractivity contribution in [3.8, 4) is 0 Å². The predicted octanol–water partition coefficient (Wildman–Crippen LogP) is 5.49. The summed E-state index contributed by atoms with van der Waals surface area (Å²) in [6.07, 6.45) is 4.44. The van der Waals surface area contributed by atoms with Gasteiger partial charge in [-0.1, -0.05) is 55.5 Å². The lowest BCUT2D eigenvalue weighted by molar-refractivity contribution is 0.0937. The van der Waals surface area contributed by atoms with Crippen LogP contribution < -0.4 is 10.2 Å². The number of benzene rings is 2. The van der Waals surface area contributed by atoms with E-state index >= 15 is 0 Å². The molecule has 2 atom stereocenters. The van der Waals surface area contributed by atoms with Crippen LogP contribution >= 0.6 is 0 Å². The summed E-state index contributed by atoms with van der Waals surface area (Å²) in [6.45, 7) is 5.34. The number of hydrogen-bond donors (Lipinski definition) is 1. The Morgan fingerprint density at radius 3 is 2.66 bits per heavy atom. The number of fused-ring (bicyclic) bond motifs is 1. The van der Waals surface area contributed by atoms with Crippen LogP contribution in [0.5, 0.6) is 0 Å². The largest absolute Gasteiger partial charge is 0.354 e. The molecule has 0 aliphatic carbocycles. The number of pyridine rings is 1. The molecule has 0 saturated carbocycles. The number of rotatable bonds is 5. The lowest BCUT2D eigenvalue weighted by Gasteiger charge is -2.34. The predicted molar refractivity (Wildman–Crippen MR) is 119 cm³/mol. The maximum Gasteiger partial charge on any atom is 0.252 e. The van der Waals surface area contributed by atoms with Crippen LogP contribution in [0.3, 0.4) is 0 Å². The fraction of sp³-hybridized carbons (Fsp3) is 0.360. The number of carbonyl (C=O) groups is 1. The first kappa shape index (κ1) is 19.4. The van der Waals surface area contributed by atoms with Gasteiger partial charge in [0.2, 0.25) is 0 Å². The normalized spacial score (nSPS) is 17.9. The Balaban J connectivity index is 1.70. The molecule has 1 amide bonds. The van der Waals surface area contributed by atoms with E-state index in [1.807, 2.05) is 48.5 Å². The smallest absolute Gasteiger partial charge is 0.252 e. The van der Waals surface area contributed by atoms with E-state index in [9.17, 15) is 4.79 Å². The highest BCUT2D eigenvalue weighted by molar-refractivity contribution is 6.07. The van der Waals surface area contributed by atoms with Crippen molar-refractivity contribution in [1.29, 1.82) is 0 Å². The third-order valence-electron chi connectivity index (χ3n) is 5.96. The summed E-state index contributed by atoms with van der Waals surface area (Å²) < 4.78 is 0. The molecule has 150 valence electrons. The van der Waals surface area contributed by atoms with Gasteiger partial charge in [-0.15, -0.1) is 0 Å². The summed E-state index contributed by atoms with van der Waals surface area (Å²) in [6, 6.07) is 20.5. The quantitative estimate of drug-likeness (QED) is 0.629. The molecule has 1 saturated heterocycles. The third-order valence-corrected chi connectivity index (χ3v) is 5.96. The van der Waals surface area contributed by atoms with E-state index in [1.54, 1.807) is 0 Å². The molecule has 1 aliphatic rings. The van der Waals surface area contributed by atoms with Gasteiger partial charge in [-0.05, 0) is 50.3 Å². The number of nitrogens with zero attached hydrogens (tertiary/aromatic N) is 2. The highest BCUT2D eigenvalue weighted by Gasteiger charge is 2.23. The van der Waals surface area contributed by atoms with Crippen molar-refractivity contribution in [3.63, 3.8) is 0 Å². The first-order valence-electron chi connectivity index (χ1n) is 10.7. The van der Waals surface area contributed by atoms with Gasteiger partial charge in [0.15, 0.2) is 0 Å². The van der Waals surface area contributed by atoms with Gasteiger partial charge in [-0.3, -0.25) is 4.79 Å². The lowest BCUT2D eigenvalue weighted by Crippen LogP contribution is -2.38. The Morgan fingerprint density at radius 2 is 1.90 bits per heavy atom. The van der Waals surface area contributed by atoms with Crippen molar-refractivity contribution in [2.75, 3.05) is 11.4 Å². The van der Waals surface area contributed by atoms with Crippen LogP contribution in [0.1, 0.15) is 61.5 Å². The van der Waals surface area contributed by atoms with Gasteiger partial charge in [-0.2, -0.15) is 0 Å². The van der Waals surface area contributed by atoms with Crippen LogP contribution in [0.25, 0.3) is 10.9 Å². The van der Waals surface area contributed by atoms with Crippen LogP contribution in [0.2, 0.25) is 0 Å². The van der Waals surface area contributed by atoms with Gasteiger partial charge >= 0.3 is 0 Å². The minimum atomic E-state index is -0.0368. The fourth-order valence-corrected chi connectivity index (χ4v) is 4.28. The van der Waals surface area contributed by atoms with Gasteiger partial charge < -0.3 is 10.2 Å². The van der Waals surface area contributed by atoms with Crippen molar-refractivity contribution >= 4 is 22.6 Å². The molecule has 3 aromatic rings. The summed E-state index contributed by atoms with van der Waals surface area (Å²) in [7, 11) is 0. The average molecular weight is 388 g/mol. The minimum absolute atomic E-state index is 0.00649. The van der Waals surface area contributed by atoms with Crippen molar-refractivity contribution in [1.82, 2.24) is 10.3 Å². The zero-order chi connectivity index (χ0) is 20.2. The molecule has 1 N–H and O–H groups in total. The number of hydrogen-bond acceptors (Lipinski definition) is 3. The molecule has 4 rings (SSSR count). The Morgan fingerprint density at radius 1 is 1.14 bits per heavy atom. The zero-order valence-electron chi connectivity index (χ0n) is 17.3. The lowest BCUT2D eigenvalue weighted by atomic mass is 10.0. The van der Waals surface area contributed by atoms with Crippen LogP contribution in [0.15, 0.2) is 60.7 Å². The molecule has 4 nitrogen and oxygen atoms in total. The second kappa shape index (κ2) is 8.64. The molecule has 1 aliphatic heterocycles.